The highest BCUT2D eigenvalue weighted by Gasteiger charge is 2.32. The highest BCUT2D eigenvalue weighted by molar-refractivity contribution is 14.0. The van der Waals surface area contributed by atoms with Crippen LogP contribution in [0.4, 0.5) is 0 Å². The number of nitrogens with one attached hydrogen (secondary N) is 2. The lowest BCUT2D eigenvalue weighted by molar-refractivity contribution is 0.0782. The van der Waals surface area contributed by atoms with Gasteiger partial charge in [-0.1, -0.05) is 12.8 Å². The van der Waals surface area contributed by atoms with Gasteiger partial charge >= 0.3 is 0 Å². The Balaban J connectivity index is 0.00000200. The van der Waals surface area contributed by atoms with Crippen LogP contribution in [0, 0.1) is 0 Å². The van der Waals surface area contributed by atoms with Crippen LogP contribution < -0.4 is 10.6 Å². The molecule has 1 heterocycles. The molecule has 118 valence electrons. The first-order valence-corrected chi connectivity index (χ1v) is 8.60. The molecule has 0 aromatic rings. The lowest BCUT2D eigenvalue weighted by Gasteiger charge is -2.36. The zero-order valence-corrected chi connectivity index (χ0v) is 15.8. The lowest BCUT2D eigenvalue weighted by atomic mass is 9.99. The fourth-order valence-electron chi connectivity index (χ4n) is 2.90. The molecule has 1 aliphatic heterocycles. The van der Waals surface area contributed by atoms with Crippen molar-refractivity contribution in [1.29, 1.82) is 0 Å². The molecule has 1 saturated heterocycles. The summed E-state index contributed by atoms with van der Waals surface area (Å²) in [5.41, 5.74) is 0. The molecule has 1 saturated carbocycles. The van der Waals surface area contributed by atoms with Gasteiger partial charge in [0.05, 0.1) is 0 Å². The van der Waals surface area contributed by atoms with E-state index in [0.29, 0.717) is 10.8 Å². The highest BCUT2D eigenvalue weighted by Crippen LogP contribution is 2.32. The van der Waals surface area contributed by atoms with Crippen LogP contribution in [-0.4, -0.2) is 49.8 Å². The van der Waals surface area contributed by atoms with Crippen molar-refractivity contribution < 1.29 is 4.74 Å². The Morgan fingerprint density at radius 1 is 1.30 bits per heavy atom. The largest absolute Gasteiger partial charge is 0.381 e. The number of rotatable bonds is 4. The Labute approximate surface area is 144 Å². The molecule has 20 heavy (non-hydrogen) atoms. The average Bonchev–Trinajstić information content (AvgIpc) is 2.97. The Bertz CT molecular complexity index is 303. The van der Waals surface area contributed by atoms with Gasteiger partial charge in [-0.25, -0.2) is 0 Å². The molecule has 6 heteroatoms. The molecule has 0 aromatic heterocycles. The van der Waals surface area contributed by atoms with E-state index < -0.39 is 0 Å². The van der Waals surface area contributed by atoms with Gasteiger partial charge in [0.15, 0.2) is 5.96 Å². The molecular weight excluding hydrogens is 385 g/mol. The third kappa shape index (κ3) is 5.26. The molecule has 0 unspecified atom stereocenters. The Morgan fingerprint density at radius 3 is 2.50 bits per heavy atom. The summed E-state index contributed by atoms with van der Waals surface area (Å²) < 4.78 is 5.79. The summed E-state index contributed by atoms with van der Waals surface area (Å²) >= 11 is 1.96. The third-order valence-electron chi connectivity index (χ3n) is 4.33. The van der Waals surface area contributed by atoms with Crippen molar-refractivity contribution in [2.75, 3.05) is 33.1 Å². The molecule has 0 spiro atoms. The summed E-state index contributed by atoms with van der Waals surface area (Å²) in [5, 5.41) is 7.07. The van der Waals surface area contributed by atoms with Gasteiger partial charge in [0.1, 0.15) is 0 Å². The molecule has 0 atom stereocenters. The van der Waals surface area contributed by atoms with E-state index in [2.05, 4.69) is 21.9 Å². The summed E-state index contributed by atoms with van der Waals surface area (Å²) in [4.78, 5) is 4.36. The van der Waals surface area contributed by atoms with Crippen LogP contribution >= 0.6 is 35.7 Å². The van der Waals surface area contributed by atoms with Gasteiger partial charge in [0, 0.05) is 37.6 Å². The van der Waals surface area contributed by atoms with Crippen LogP contribution in [0.5, 0.6) is 0 Å². The maximum atomic E-state index is 5.48. The summed E-state index contributed by atoms with van der Waals surface area (Å²) in [5.74, 6) is 0.965. The molecule has 0 aromatic carbocycles. The monoisotopic (exact) mass is 413 g/mol. The van der Waals surface area contributed by atoms with Crippen LogP contribution in [0.25, 0.3) is 0 Å². The highest BCUT2D eigenvalue weighted by atomic mass is 127. The molecule has 0 bridgehead atoms. The van der Waals surface area contributed by atoms with Crippen LogP contribution in [-0.2, 0) is 4.74 Å². The molecule has 2 N–H and O–H groups in total. The molecule has 1 aliphatic carbocycles. The minimum absolute atomic E-state index is 0. The van der Waals surface area contributed by atoms with Gasteiger partial charge in [0.25, 0.3) is 0 Å². The average molecular weight is 413 g/mol. The van der Waals surface area contributed by atoms with Gasteiger partial charge in [-0.2, -0.15) is 11.8 Å². The topological polar surface area (TPSA) is 45.7 Å². The molecule has 0 amide bonds. The van der Waals surface area contributed by atoms with Crippen molar-refractivity contribution in [3.8, 4) is 0 Å². The smallest absolute Gasteiger partial charge is 0.191 e. The van der Waals surface area contributed by atoms with E-state index in [1.807, 2.05) is 18.8 Å². The first kappa shape index (κ1) is 18.4. The van der Waals surface area contributed by atoms with E-state index in [4.69, 9.17) is 4.74 Å². The fourth-order valence-corrected chi connectivity index (χ4v) is 3.69. The normalized spacial score (nSPS) is 23.2. The quantitative estimate of drug-likeness (QED) is 0.423. The second-order valence-corrected chi connectivity index (χ2v) is 6.83. The van der Waals surface area contributed by atoms with Crippen molar-refractivity contribution in [3.05, 3.63) is 0 Å². The molecule has 2 aliphatic rings. The summed E-state index contributed by atoms with van der Waals surface area (Å²) in [6.45, 7) is 2.75. The second-order valence-electron chi connectivity index (χ2n) is 5.55. The fraction of sp³-hybridized carbons (Fsp3) is 0.929. The summed E-state index contributed by atoms with van der Waals surface area (Å²) in [7, 11) is 1.86. The first-order valence-electron chi connectivity index (χ1n) is 7.38. The van der Waals surface area contributed by atoms with E-state index >= 15 is 0 Å². The van der Waals surface area contributed by atoms with Gasteiger partial charge in [-0.05, 0) is 31.9 Å². The van der Waals surface area contributed by atoms with E-state index in [9.17, 15) is 0 Å². The van der Waals surface area contributed by atoms with Crippen molar-refractivity contribution in [3.63, 3.8) is 0 Å². The number of hydrogen-bond donors (Lipinski definition) is 2. The Morgan fingerprint density at radius 2 is 1.95 bits per heavy atom. The molecular formula is C14H28IN3OS. The van der Waals surface area contributed by atoms with Gasteiger partial charge in [0.2, 0.25) is 0 Å². The number of guanidine groups is 1. The minimum Gasteiger partial charge on any atom is -0.381 e. The van der Waals surface area contributed by atoms with Gasteiger partial charge < -0.3 is 15.4 Å². The lowest BCUT2D eigenvalue weighted by Crippen LogP contribution is -2.49. The second kappa shape index (κ2) is 9.35. The van der Waals surface area contributed by atoms with Crippen LogP contribution in [0.15, 0.2) is 4.99 Å². The molecule has 4 nitrogen and oxygen atoms in total. The van der Waals surface area contributed by atoms with Gasteiger partial charge in [-0.15, -0.1) is 24.0 Å². The van der Waals surface area contributed by atoms with Crippen molar-refractivity contribution in [1.82, 2.24) is 10.6 Å². The van der Waals surface area contributed by atoms with Crippen molar-refractivity contribution in [2.24, 2.45) is 4.99 Å². The van der Waals surface area contributed by atoms with Crippen LogP contribution in [0.2, 0.25) is 0 Å². The third-order valence-corrected chi connectivity index (χ3v) is 5.75. The Kier molecular flexibility index (Phi) is 8.59. The predicted molar refractivity (Wildman–Crippen MR) is 98.5 cm³/mol. The van der Waals surface area contributed by atoms with Crippen LogP contribution in [0.3, 0.4) is 0 Å². The minimum atomic E-state index is 0. The first-order chi connectivity index (χ1) is 9.28. The van der Waals surface area contributed by atoms with Crippen LogP contribution in [0.1, 0.15) is 38.5 Å². The number of ether oxygens (including phenoxy) is 1. The maximum absolute atomic E-state index is 5.48. The zero-order chi connectivity index (χ0) is 13.6. The number of hydrogen-bond acceptors (Lipinski definition) is 3. The molecule has 2 rings (SSSR count). The molecule has 2 fully saturated rings. The number of aliphatic imine (C=N–C) groups is 1. The predicted octanol–water partition coefficient (Wildman–Crippen LogP) is 2.62. The van der Waals surface area contributed by atoms with E-state index in [-0.39, 0.29) is 24.0 Å². The van der Waals surface area contributed by atoms with Crippen molar-refractivity contribution >= 4 is 41.7 Å². The zero-order valence-electron chi connectivity index (χ0n) is 12.6. The van der Waals surface area contributed by atoms with E-state index in [1.54, 1.807) is 0 Å². The van der Waals surface area contributed by atoms with E-state index in [0.717, 1.165) is 38.6 Å². The molecule has 0 radical (unpaired) electrons. The van der Waals surface area contributed by atoms with E-state index in [1.165, 1.54) is 25.7 Å². The maximum Gasteiger partial charge on any atom is 0.191 e. The summed E-state index contributed by atoms with van der Waals surface area (Å²) in [6.07, 6.45) is 9.72. The number of nitrogens with zero attached hydrogens (tertiary/aromatic N) is 1. The number of thioether (sulfide) groups is 1. The van der Waals surface area contributed by atoms with Gasteiger partial charge in [-0.3, -0.25) is 4.99 Å². The SMILES string of the molecule is CN=C(NCC1(SC)CCOCC1)NC1CCCC1.I. The number of halogens is 1. The van der Waals surface area contributed by atoms with Crippen molar-refractivity contribution in [2.45, 2.75) is 49.3 Å². The summed E-state index contributed by atoms with van der Waals surface area (Å²) in [6, 6.07) is 0.617. The standard InChI is InChI=1S/C14H27N3OS.HI/c1-15-13(17-12-5-3-4-6-12)16-11-14(19-2)7-9-18-10-8-14;/h12H,3-11H2,1-2H3,(H2,15,16,17);1H. The Hall–Kier alpha value is 0.310.